The fourth-order valence-electron chi connectivity index (χ4n) is 4.01. The molecule has 0 radical (unpaired) electrons. The van der Waals surface area contributed by atoms with E-state index in [1.807, 2.05) is 0 Å². The Morgan fingerprint density at radius 1 is 0.732 bits per heavy atom. The quantitative estimate of drug-likeness (QED) is 0.257. The minimum atomic E-state index is -0.791. The van der Waals surface area contributed by atoms with Gasteiger partial charge in [-0.3, -0.25) is 18.7 Å². The summed E-state index contributed by atoms with van der Waals surface area (Å²) in [5.74, 6) is -0.258. The van der Waals surface area contributed by atoms with Crippen LogP contribution in [0.25, 0.3) is 23.5 Å². The molecule has 0 bridgehead atoms. The van der Waals surface area contributed by atoms with Crippen molar-refractivity contribution in [1.82, 2.24) is 18.3 Å². The maximum atomic E-state index is 13.2. The van der Waals surface area contributed by atoms with E-state index in [4.69, 9.17) is 9.47 Å². The van der Waals surface area contributed by atoms with E-state index in [9.17, 15) is 29.4 Å². The highest BCUT2D eigenvalue weighted by atomic mass is 16.5. The molecule has 0 aliphatic rings. The smallest absolute Gasteiger partial charge is 0.338 e. The standard InChI is InChI=1S/C29H26N4O8/c1-30-24(34)22(26(36)32(28(30)38)18-10-8-12-20(16-18)40-3)14-6-5-7-15-23-25(35)31(2)29(39)33(27(23)37)19-11-9-13-21(17-19)41-4/h5-6,8-17,34-35H,1-4H3. The number of hydrogen-bond acceptors (Lipinski definition) is 8. The van der Waals surface area contributed by atoms with Crippen LogP contribution in [0.3, 0.4) is 0 Å². The van der Waals surface area contributed by atoms with Gasteiger partial charge in [0, 0.05) is 26.2 Å². The number of aromatic hydroxyl groups is 2. The Balaban J connectivity index is 1.77. The van der Waals surface area contributed by atoms with E-state index in [-0.39, 0.29) is 22.5 Å². The Bertz CT molecular complexity index is 1990. The van der Waals surface area contributed by atoms with Crippen molar-refractivity contribution < 1.29 is 19.7 Å². The van der Waals surface area contributed by atoms with Gasteiger partial charge in [0.1, 0.15) is 22.6 Å². The zero-order chi connectivity index (χ0) is 29.8. The Labute approximate surface area is 232 Å². The molecular weight excluding hydrogens is 532 g/mol. The molecule has 0 atom stereocenters. The Morgan fingerprint density at radius 2 is 1.20 bits per heavy atom. The molecule has 4 rings (SSSR count). The van der Waals surface area contributed by atoms with Crippen molar-refractivity contribution in [2.24, 2.45) is 14.1 Å². The van der Waals surface area contributed by atoms with Gasteiger partial charge in [0.25, 0.3) is 11.1 Å². The average Bonchev–Trinajstić information content (AvgIpc) is 2.98. The van der Waals surface area contributed by atoms with Crippen molar-refractivity contribution in [3.8, 4) is 34.6 Å². The first-order valence-electron chi connectivity index (χ1n) is 12.1. The summed E-state index contributed by atoms with van der Waals surface area (Å²) in [5, 5.41) is 21.0. The first-order chi connectivity index (χ1) is 19.6. The second-order valence-electron chi connectivity index (χ2n) is 8.68. The second-order valence-corrected chi connectivity index (χ2v) is 8.68. The number of methoxy groups -OCH3 is 2. The summed E-state index contributed by atoms with van der Waals surface area (Å²) in [5.41, 5.74) is -0.296. The molecule has 0 unspecified atom stereocenters. The van der Waals surface area contributed by atoms with E-state index in [1.165, 1.54) is 64.8 Å². The molecule has 0 saturated carbocycles. The lowest BCUT2D eigenvalue weighted by Gasteiger charge is -2.12. The Morgan fingerprint density at radius 3 is 1.68 bits per heavy atom. The van der Waals surface area contributed by atoms with Gasteiger partial charge in [0.2, 0.25) is 11.8 Å². The van der Waals surface area contributed by atoms with Crippen molar-refractivity contribution in [3.63, 3.8) is 0 Å². The maximum Gasteiger partial charge on any atom is 0.338 e. The van der Waals surface area contributed by atoms with Gasteiger partial charge in [-0.15, -0.1) is 5.73 Å². The number of allylic oxidation sites excluding steroid dienone is 2. The van der Waals surface area contributed by atoms with Crippen LogP contribution in [0.5, 0.6) is 23.3 Å². The van der Waals surface area contributed by atoms with Crippen LogP contribution in [0.2, 0.25) is 0 Å². The van der Waals surface area contributed by atoms with Crippen LogP contribution in [0.4, 0.5) is 0 Å². The molecule has 12 heteroatoms. The van der Waals surface area contributed by atoms with Crippen LogP contribution in [0, 0.1) is 0 Å². The number of aromatic nitrogens is 4. The van der Waals surface area contributed by atoms with Crippen LogP contribution in [-0.2, 0) is 14.1 Å². The fourth-order valence-corrected chi connectivity index (χ4v) is 4.01. The van der Waals surface area contributed by atoms with Crippen molar-refractivity contribution in [2.45, 2.75) is 0 Å². The van der Waals surface area contributed by atoms with Gasteiger partial charge in [-0.05, 0) is 42.5 Å². The maximum absolute atomic E-state index is 13.2. The first-order valence-corrected chi connectivity index (χ1v) is 12.1. The molecule has 2 aromatic heterocycles. The van der Waals surface area contributed by atoms with Crippen molar-refractivity contribution in [1.29, 1.82) is 0 Å². The molecule has 0 amide bonds. The highest BCUT2D eigenvalue weighted by Gasteiger charge is 2.18. The summed E-state index contributed by atoms with van der Waals surface area (Å²) in [4.78, 5) is 51.8. The summed E-state index contributed by atoms with van der Waals surface area (Å²) in [6.45, 7) is 0. The minimum Gasteiger partial charge on any atom is -0.497 e. The number of ether oxygens (including phenoxy) is 2. The van der Waals surface area contributed by atoms with Crippen LogP contribution < -0.4 is 32.0 Å². The van der Waals surface area contributed by atoms with Gasteiger partial charge in [-0.2, -0.15) is 0 Å². The molecule has 2 aromatic carbocycles. The third kappa shape index (κ3) is 5.27. The molecular formula is C29H26N4O8. The monoisotopic (exact) mass is 558 g/mol. The number of nitrogens with zero attached hydrogens (tertiary/aromatic N) is 4. The highest BCUT2D eigenvalue weighted by molar-refractivity contribution is 5.58. The highest BCUT2D eigenvalue weighted by Crippen LogP contribution is 2.18. The third-order valence-electron chi connectivity index (χ3n) is 6.25. The van der Waals surface area contributed by atoms with Crippen LogP contribution in [0.1, 0.15) is 11.1 Å². The lowest BCUT2D eigenvalue weighted by Crippen LogP contribution is -2.38. The predicted molar refractivity (Wildman–Crippen MR) is 153 cm³/mol. The van der Waals surface area contributed by atoms with Gasteiger partial charge in [0.15, 0.2) is 0 Å². The number of rotatable bonds is 7. The SMILES string of the molecule is COc1cccc(-n2c(=O)c(C=C=CC=Cc3c(O)n(C)c(=O)n(-c4cccc(OC)c4)c3=O)c(O)n(C)c2=O)c1. The summed E-state index contributed by atoms with van der Waals surface area (Å²) in [6, 6.07) is 12.7. The van der Waals surface area contributed by atoms with Gasteiger partial charge < -0.3 is 19.7 Å². The summed E-state index contributed by atoms with van der Waals surface area (Å²) in [6.07, 6.45) is 5.11. The Hall–Kier alpha value is -5.74. The molecule has 0 saturated heterocycles. The lowest BCUT2D eigenvalue weighted by atomic mass is 10.2. The molecule has 210 valence electrons. The van der Waals surface area contributed by atoms with E-state index in [0.717, 1.165) is 18.3 Å². The second kappa shape index (κ2) is 11.6. The normalized spacial score (nSPS) is 10.8. The summed E-state index contributed by atoms with van der Waals surface area (Å²) in [7, 11) is 5.53. The molecule has 2 heterocycles. The topological polar surface area (TPSA) is 147 Å². The minimum absolute atomic E-state index is 0.182. The lowest BCUT2D eigenvalue weighted by molar-refractivity contribution is 0.410. The van der Waals surface area contributed by atoms with E-state index >= 15 is 0 Å². The number of hydrogen-bond donors (Lipinski definition) is 2. The van der Waals surface area contributed by atoms with E-state index < -0.39 is 34.3 Å². The molecule has 0 aliphatic carbocycles. The van der Waals surface area contributed by atoms with Crippen molar-refractivity contribution in [2.75, 3.05) is 14.2 Å². The van der Waals surface area contributed by atoms with E-state index in [2.05, 4.69) is 5.73 Å². The predicted octanol–water partition coefficient (Wildman–Crippen LogP) is 1.70. The fraction of sp³-hybridized carbons (Fsp3) is 0.138. The molecule has 0 spiro atoms. The largest absolute Gasteiger partial charge is 0.497 e. The van der Waals surface area contributed by atoms with Crippen molar-refractivity contribution in [3.05, 3.63) is 119 Å². The van der Waals surface area contributed by atoms with E-state index in [1.54, 1.807) is 36.4 Å². The molecule has 12 nitrogen and oxygen atoms in total. The summed E-state index contributed by atoms with van der Waals surface area (Å²) >= 11 is 0. The number of benzene rings is 2. The average molecular weight is 559 g/mol. The van der Waals surface area contributed by atoms with Gasteiger partial charge in [-0.25, -0.2) is 18.7 Å². The molecule has 0 fully saturated rings. The molecule has 0 aliphatic heterocycles. The van der Waals surface area contributed by atoms with Crippen LogP contribution in [-0.4, -0.2) is 42.7 Å². The zero-order valence-electron chi connectivity index (χ0n) is 22.6. The molecule has 41 heavy (non-hydrogen) atoms. The van der Waals surface area contributed by atoms with Gasteiger partial charge >= 0.3 is 11.4 Å². The first kappa shape index (κ1) is 28.3. The molecule has 4 aromatic rings. The van der Waals surface area contributed by atoms with E-state index in [0.29, 0.717) is 11.5 Å². The van der Waals surface area contributed by atoms with Gasteiger partial charge in [0.05, 0.1) is 25.6 Å². The van der Waals surface area contributed by atoms with Crippen molar-refractivity contribution >= 4 is 12.2 Å². The van der Waals surface area contributed by atoms with Gasteiger partial charge in [-0.1, -0.05) is 18.2 Å². The third-order valence-corrected chi connectivity index (χ3v) is 6.25. The van der Waals surface area contributed by atoms with Crippen LogP contribution in [0.15, 0.2) is 85.6 Å². The van der Waals surface area contributed by atoms with Crippen LogP contribution >= 0.6 is 0 Å². The summed E-state index contributed by atoms with van der Waals surface area (Å²) < 4.78 is 14.0. The Kier molecular flexibility index (Phi) is 7.97. The molecule has 2 N–H and O–H groups in total. The zero-order valence-corrected chi connectivity index (χ0v) is 22.6.